The van der Waals surface area contributed by atoms with Gasteiger partial charge >= 0.3 is 0 Å². The molecule has 4 heteroatoms. The lowest BCUT2D eigenvalue weighted by atomic mass is 10.0. The number of fused-ring (bicyclic) bond motifs is 1. The van der Waals surface area contributed by atoms with Crippen LogP contribution in [0.4, 0.5) is 0 Å². The van der Waals surface area contributed by atoms with E-state index in [1.165, 1.54) is 17.5 Å². The molecule has 1 aliphatic rings. The highest BCUT2D eigenvalue weighted by Crippen LogP contribution is 2.22. The number of benzene rings is 1. The van der Waals surface area contributed by atoms with Gasteiger partial charge in [-0.15, -0.1) is 0 Å². The third-order valence-corrected chi connectivity index (χ3v) is 3.25. The molecule has 0 atom stereocenters. The van der Waals surface area contributed by atoms with Gasteiger partial charge in [0.2, 0.25) is 11.8 Å². The molecule has 0 aliphatic heterocycles. The molecule has 0 heterocycles. The summed E-state index contributed by atoms with van der Waals surface area (Å²) < 4.78 is 0. The van der Waals surface area contributed by atoms with Crippen molar-refractivity contribution in [1.82, 2.24) is 10.6 Å². The lowest BCUT2D eigenvalue weighted by Crippen LogP contribution is -2.35. The van der Waals surface area contributed by atoms with Crippen LogP contribution in [0, 0.1) is 0 Å². The van der Waals surface area contributed by atoms with Crippen LogP contribution in [0.25, 0.3) is 0 Å². The number of carbonyl (C=O) groups excluding carboxylic acids is 2. The van der Waals surface area contributed by atoms with Crippen molar-refractivity contribution < 1.29 is 9.59 Å². The van der Waals surface area contributed by atoms with E-state index in [2.05, 4.69) is 22.8 Å². The van der Waals surface area contributed by atoms with Gasteiger partial charge in [0.1, 0.15) is 0 Å². The molecule has 2 rings (SSSR count). The van der Waals surface area contributed by atoms with Crippen molar-refractivity contribution in [1.29, 1.82) is 0 Å². The average Bonchev–Trinajstić information content (AvgIpc) is 2.83. The second kappa shape index (κ2) is 5.67. The van der Waals surface area contributed by atoms with Gasteiger partial charge in [-0.3, -0.25) is 9.59 Å². The summed E-state index contributed by atoms with van der Waals surface area (Å²) in [5, 5.41) is 5.06. The zero-order valence-electron chi connectivity index (χ0n) is 10.6. The van der Waals surface area contributed by atoms with E-state index >= 15 is 0 Å². The molecule has 0 fully saturated rings. The zero-order valence-corrected chi connectivity index (χ0v) is 10.6. The topological polar surface area (TPSA) is 58.2 Å². The first-order valence-corrected chi connectivity index (χ1v) is 6.27. The smallest absolute Gasteiger partial charge is 0.239 e. The van der Waals surface area contributed by atoms with Crippen molar-refractivity contribution in [3.8, 4) is 0 Å². The molecule has 2 amide bonds. The summed E-state index contributed by atoms with van der Waals surface area (Å²) >= 11 is 0. The minimum Gasteiger partial charge on any atom is -0.358 e. The molecule has 1 aromatic rings. The first-order chi connectivity index (χ1) is 8.69. The third kappa shape index (κ3) is 3.09. The Morgan fingerprint density at radius 2 is 1.94 bits per heavy atom. The molecular weight excluding hydrogens is 228 g/mol. The van der Waals surface area contributed by atoms with Crippen molar-refractivity contribution in [3.63, 3.8) is 0 Å². The Hall–Kier alpha value is -1.84. The Labute approximate surface area is 107 Å². The molecule has 1 aromatic carbocycles. The molecule has 0 saturated carbocycles. The normalized spacial score (nSPS) is 12.9. The average molecular weight is 246 g/mol. The van der Waals surface area contributed by atoms with Crippen LogP contribution in [0.2, 0.25) is 0 Å². The summed E-state index contributed by atoms with van der Waals surface area (Å²) in [6, 6.07) is 6.23. The Morgan fingerprint density at radius 1 is 1.17 bits per heavy atom. The van der Waals surface area contributed by atoms with Crippen LogP contribution in [0.5, 0.6) is 0 Å². The van der Waals surface area contributed by atoms with E-state index in [1.54, 1.807) is 7.05 Å². The first kappa shape index (κ1) is 12.6. The fourth-order valence-electron chi connectivity index (χ4n) is 2.25. The zero-order chi connectivity index (χ0) is 13.0. The molecule has 0 radical (unpaired) electrons. The molecule has 0 aromatic heterocycles. The number of carbonyl (C=O) groups is 2. The maximum Gasteiger partial charge on any atom is 0.239 e. The standard InChI is InChI=1S/C14H18N2O2/c1-15-14(18)9-16-13(17)8-10-5-6-11-3-2-4-12(11)7-10/h5-7H,2-4,8-9H2,1H3,(H,15,18)(H,16,17). The number of hydrogen-bond donors (Lipinski definition) is 2. The van der Waals surface area contributed by atoms with Gasteiger partial charge in [0.25, 0.3) is 0 Å². The number of aryl methyl sites for hydroxylation is 2. The molecule has 2 N–H and O–H groups in total. The maximum absolute atomic E-state index is 11.6. The van der Waals surface area contributed by atoms with E-state index in [9.17, 15) is 9.59 Å². The minimum absolute atomic E-state index is 0.0419. The van der Waals surface area contributed by atoms with Crippen molar-refractivity contribution >= 4 is 11.8 Å². The number of amides is 2. The van der Waals surface area contributed by atoms with Gasteiger partial charge in [0, 0.05) is 7.05 Å². The predicted molar refractivity (Wildman–Crippen MR) is 69.2 cm³/mol. The van der Waals surface area contributed by atoms with Crippen LogP contribution >= 0.6 is 0 Å². The molecule has 1 aliphatic carbocycles. The molecule has 0 unspecified atom stereocenters. The molecule has 0 spiro atoms. The van der Waals surface area contributed by atoms with E-state index in [0.717, 1.165) is 18.4 Å². The van der Waals surface area contributed by atoms with E-state index in [4.69, 9.17) is 0 Å². The third-order valence-electron chi connectivity index (χ3n) is 3.25. The SMILES string of the molecule is CNC(=O)CNC(=O)Cc1ccc2c(c1)CCC2. The summed E-state index contributed by atoms with van der Waals surface area (Å²) in [6.07, 6.45) is 3.81. The summed E-state index contributed by atoms with van der Waals surface area (Å²) in [5.74, 6) is -0.297. The van der Waals surface area contributed by atoms with E-state index in [1.807, 2.05) is 6.07 Å². The molecule has 18 heavy (non-hydrogen) atoms. The number of hydrogen-bond acceptors (Lipinski definition) is 2. The second-order valence-electron chi connectivity index (χ2n) is 4.58. The lowest BCUT2D eigenvalue weighted by molar-refractivity contribution is -0.125. The highest BCUT2D eigenvalue weighted by molar-refractivity contribution is 5.85. The Morgan fingerprint density at radius 3 is 2.72 bits per heavy atom. The highest BCUT2D eigenvalue weighted by atomic mass is 16.2. The largest absolute Gasteiger partial charge is 0.358 e. The van der Waals surface area contributed by atoms with Gasteiger partial charge in [0.05, 0.1) is 13.0 Å². The molecule has 0 bridgehead atoms. The van der Waals surface area contributed by atoms with Crippen LogP contribution < -0.4 is 10.6 Å². The van der Waals surface area contributed by atoms with Crippen LogP contribution in [-0.2, 0) is 28.9 Å². The summed E-state index contributed by atoms with van der Waals surface area (Å²) in [6.45, 7) is 0.0419. The van der Waals surface area contributed by atoms with Crippen LogP contribution in [-0.4, -0.2) is 25.4 Å². The summed E-state index contributed by atoms with van der Waals surface area (Å²) in [5.41, 5.74) is 3.79. The van der Waals surface area contributed by atoms with E-state index < -0.39 is 0 Å². The lowest BCUT2D eigenvalue weighted by Gasteiger charge is -2.06. The number of likely N-dealkylation sites (N-methyl/N-ethyl adjacent to an activating group) is 1. The second-order valence-corrected chi connectivity index (χ2v) is 4.58. The maximum atomic E-state index is 11.6. The summed E-state index contributed by atoms with van der Waals surface area (Å²) in [7, 11) is 1.55. The van der Waals surface area contributed by atoms with Crippen molar-refractivity contribution in [3.05, 3.63) is 34.9 Å². The van der Waals surface area contributed by atoms with Crippen molar-refractivity contribution in [2.75, 3.05) is 13.6 Å². The van der Waals surface area contributed by atoms with Gasteiger partial charge < -0.3 is 10.6 Å². The van der Waals surface area contributed by atoms with Gasteiger partial charge in [-0.1, -0.05) is 18.2 Å². The Kier molecular flexibility index (Phi) is 3.97. The Bertz CT molecular complexity index is 469. The van der Waals surface area contributed by atoms with E-state index in [0.29, 0.717) is 6.42 Å². The van der Waals surface area contributed by atoms with Gasteiger partial charge in [0.15, 0.2) is 0 Å². The number of nitrogens with one attached hydrogen (secondary N) is 2. The van der Waals surface area contributed by atoms with Crippen LogP contribution in [0.15, 0.2) is 18.2 Å². The molecule has 4 nitrogen and oxygen atoms in total. The number of rotatable bonds is 4. The molecule has 0 saturated heterocycles. The molecular formula is C14H18N2O2. The fraction of sp³-hybridized carbons (Fsp3) is 0.429. The van der Waals surface area contributed by atoms with Crippen molar-refractivity contribution in [2.24, 2.45) is 0 Å². The molecule has 96 valence electrons. The minimum atomic E-state index is -0.183. The van der Waals surface area contributed by atoms with Crippen molar-refractivity contribution in [2.45, 2.75) is 25.7 Å². The van der Waals surface area contributed by atoms with Gasteiger partial charge in [-0.05, 0) is 36.0 Å². The first-order valence-electron chi connectivity index (χ1n) is 6.27. The fourth-order valence-corrected chi connectivity index (χ4v) is 2.25. The van der Waals surface area contributed by atoms with Crippen LogP contribution in [0.3, 0.4) is 0 Å². The van der Waals surface area contributed by atoms with Gasteiger partial charge in [-0.25, -0.2) is 0 Å². The highest BCUT2D eigenvalue weighted by Gasteiger charge is 2.12. The van der Waals surface area contributed by atoms with E-state index in [-0.39, 0.29) is 18.4 Å². The quantitative estimate of drug-likeness (QED) is 0.816. The monoisotopic (exact) mass is 246 g/mol. The van der Waals surface area contributed by atoms with Gasteiger partial charge in [-0.2, -0.15) is 0 Å². The summed E-state index contributed by atoms with van der Waals surface area (Å²) in [4.78, 5) is 22.6. The Balaban J connectivity index is 1.89. The van der Waals surface area contributed by atoms with Crippen LogP contribution in [0.1, 0.15) is 23.1 Å². The predicted octanol–water partition coefficient (Wildman–Crippen LogP) is 0.580.